The second-order valence-electron chi connectivity index (χ2n) is 4.85. The van der Waals surface area contributed by atoms with Crippen molar-refractivity contribution in [1.82, 2.24) is 0 Å². The molecule has 1 aliphatic rings. The van der Waals surface area contributed by atoms with E-state index >= 15 is 0 Å². The van der Waals surface area contributed by atoms with Crippen LogP contribution in [0.3, 0.4) is 0 Å². The van der Waals surface area contributed by atoms with Gasteiger partial charge in [0.05, 0.1) is 5.69 Å². The molecule has 0 aliphatic carbocycles. The lowest BCUT2D eigenvalue weighted by Gasteiger charge is -2.29. The van der Waals surface area contributed by atoms with E-state index < -0.39 is 11.6 Å². The molecule has 1 aromatic carbocycles. The molecule has 0 amide bonds. The van der Waals surface area contributed by atoms with Gasteiger partial charge in [0, 0.05) is 48.1 Å². The first-order chi connectivity index (χ1) is 9.65. The van der Waals surface area contributed by atoms with Crippen molar-refractivity contribution in [3.63, 3.8) is 0 Å². The Hall–Kier alpha value is -1.75. The second-order valence-corrected chi connectivity index (χ2v) is 5.80. The van der Waals surface area contributed by atoms with Gasteiger partial charge >= 0.3 is 0 Å². The van der Waals surface area contributed by atoms with Gasteiger partial charge in [-0.2, -0.15) is 0 Å². The van der Waals surface area contributed by atoms with Gasteiger partial charge in [-0.15, -0.1) is 11.3 Å². The minimum Gasteiger partial charge on any atom is -0.368 e. The molecule has 0 spiro atoms. The number of thiophene rings is 1. The van der Waals surface area contributed by atoms with Crippen molar-refractivity contribution >= 4 is 22.7 Å². The summed E-state index contributed by atoms with van der Waals surface area (Å²) in [5.74, 6) is -0.798. The molecule has 20 heavy (non-hydrogen) atoms. The maximum Gasteiger partial charge on any atom is 0.147 e. The molecule has 0 radical (unpaired) electrons. The summed E-state index contributed by atoms with van der Waals surface area (Å²) in [6.07, 6.45) is 1.24. The third kappa shape index (κ3) is 2.45. The molecule has 0 bridgehead atoms. The Morgan fingerprint density at radius 1 is 1.10 bits per heavy atom. The molecule has 104 valence electrons. The molecule has 1 N–H and O–H groups in total. The van der Waals surface area contributed by atoms with E-state index in [0.29, 0.717) is 42.9 Å². The Morgan fingerprint density at radius 2 is 1.85 bits per heavy atom. The first-order valence-corrected chi connectivity index (χ1v) is 7.37. The summed E-state index contributed by atoms with van der Waals surface area (Å²) >= 11 is 1.39. The summed E-state index contributed by atoms with van der Waals surface area (Å²) in [7, 11) is 0. The van der Waals surface area contributed by atoms with E-state index in [1.54, 1.807) is 6.07 Å². The summed E-state index contributed by atoms with van der Waals surface area (Å²) in [6, 6.07) is 6.15. The Balaban J connectivity index is 1.94. The monoisotopic (exact) mass is 292 g/mol. The lowest BCUT2D eigenvalue weighted by atomic mass is 10.1. The molecule has 1 saturated heterocycles. The molecular weight excluding hydrogens is 278 g/mol. The SMILES string of the molecule is N=C1CCN(c2cc(F)c(-c3cccs3)cc2F)CC1. The highest BCUT2D eigenvalue weighted by molar-refractivity contribution is 7.13. The van der Waals surface area contributed by atoms with Crippen LogP contribution >= 0.6 is 11.3 Å². The third-order valence-corrected chi connectivity index (χ3v) is 4.43. The first-order valence-electron chi connectivity index (χ1n) is 6.49. The van der Waals surface area contributed by atoms with Crippen molar-refractivity contribution in [3.05, 3.63) is 41.3 Å². The molecule has 2 nitrogen and oxygen atoms in total. The Kier molecular flexibility index (Phi) is 3.53. The molecule has 0 saturated carbocycles. The fourth-order valence-electron chi connectivity index (χ4n) is 2.42. The Morgan fingerprint density at radius 3 is 2.50 bits per heavy atom. The number of benzene rings is 1. The summed E-state index contributed by atoms with van der Waals surface area (Å²) in [4.78, 5) is 2.54. The van der Waals surface area contributed by atoms with E-state index in [1.807, 2.05) is 16.3 Å². The number of halogens is 2. The minimum atomic E-state index is -0.400. The molecule has 1 aromatic heterocycles. The molecular formula is C15H14F2N2S. The van der Waals surface area contributed by atoms with Crippen molar-refractivity contribution in [1.29, 1.82) is 5.41 Å². The van der Waals surface area contributed by atoms with Gasteiger partial charge in [0.15, 0.2) is 0 Å². The Bertz CT molecular complexity index is 628. The van der Waals surface area contributed by atoms with E-state index in [2.05, 4.69) is 0 Å². The largest absolute Gasteiger partial charge is 0.368 e. The predicted molar refractivity (Wildman–Crippen MR) is 78.8 cm³/mol. The van der Waals surface area contributed by atoms with Gasteiger partial charge < -0.3 is 10.3 Å². The van der Waals surface area contributed by atoms with E-state index in [0.717, 1.165) is 4.88 Å². The molecule has 0 atom stereocenters. The molecule has 2 aromatic rings. The smallest absolute Gasteiger partial charge is 0.147 e. The van der Waals surface area contributed by atoms with Gasteiger partial charge in [-0.25, -0.2) is 8.78 Å². The number of hydrogen-bond donors (Lipinski definition) is 1. The number of nitrogens with one attached hydrogen (secondary N) is 1. The van der Waals surface area contributed by atoms with E-state index in [-0.39, 0.29) is 0 Å². The summed E-state index contributed by atoms with van der Waals surface area (Å²) in [5.41, 5.74) is 1.29. The number of hydrogen-bond acceptors (Lipinski definition) is 3. The average molecular weight is 292 g/mol. The average Bonchev–Trinajstić information content (AvgIpc) is 2.96. The highest BCUT2D eigenvalue weighted by Crippen LogP contribution is 2.32. The zero-order valence-electron chi connectivity index (χ0n) is 10.8. The fourth-order valence-corrected chi connectivity index (χ4v) is 3.16. The number of piperidine rings is 1. The van der Waals surface area contributed by atoms with Crippen molar-refractivity contribution in [2.75, 3.05) is 18.0 Å². The topological polar surface area (TPSA) is 27.1 Å². The predicted octanol–water partition coefficient (Wildman–Crippen LogP) is 4.31. The fraction of sp³-hybridized carbons (Fsp3) is 0.267. The maximum absolute atomic E-state index is 14.2. The van der Waals surface area contributed by atoms with Crippen molar-refractivity contribution in [2.45, 2.75) is 12.8 Å². The van der Waals surface area contributed by atoms with Crippen LogP contribution in [0.15, 0.2) is 29.6 Å². The van der Waals surface area contributed by atoms with E-state index in [9.17, 15) is 8.78 Å². The van der Waals surface area contributed by atoms with Gasteiger partial charge in [-0.3, -0.25) is 0 Å². The van der Waals surface area contributed by atoms with Crippen LogP contribution in [0.2, 0.25) is 0 Å². The van der Waals surface area contributed by atoms with E-state index in [1.165, 1.54) is 23.5 Å². The van der Waals surface area contributed by atoms with Crippen LogP contribution in [0.25, 0.3) is 10.4 Å². The van der Waals surface area contributed by atoms with Crippen molar-refractivity contribution < 1.29 is 8.78 Å². The molecule has 1 aliphatic heterocycles. The summed E-state index contributed by atoms with van der Waals surface area (Å²) in [5, 5.41) is 9.42. The Labute approximate surface area is 120 Å². The molecule has 1 fully saturated rings. The number of anilines is 1. The van der Waals surface area contributed by atoms with Crippen molar-refractivity contribution in [2.24, 2.45) is 0 Å². The lowest BCUT2D eigenvalue weighted by molar-refractivity contribution is 0.593. The van der Waals surface area contributed by atoms with Gasteiger partial charge in [0.2, 0.25) is 0 Å². The number of nitrogens with zero attached hydrogens (tertiary/aromatic N) is 1. The van der Waals surface area contributed by atoms with Crippen LogP contribution in [0.4, 0.5) is 14.5 Å². The zero-order valence-corrected chi connectivity index (χ0v) is 11.6. The van der Waals surface area contributed by atoms with Gasteiger partial charge in [0.1, 0.15) is 11.6 Å². The second kappa shape index (κ2) is 5.32. The zero-order chi connectivity index (χ0) is 14.1. The lowest BCUT2D eigenvalue weighted by Crippen LogP contribution is -2.34. The quantitative estimate of drug-likeness (QED) is 0.877. The molecule has 2 heterocycles. The summed E-state index contributed by atoms with van der Waals surface area (Å²) < 4.78 is 28.4. The van der Waals surface area contributed by atoms with Crippen LogP contribution in [0.5, 0.6) is 0 Å². The molecule has 3 rings (SSSR count). The third-order valence-electron chi connectivity index (χ3n) is 3.53. The van der Waals surface area contributed by atoms with Crippen molar-refractivity contribution in [3.8, 4) is 10.4 Å². The first kappa shape index (κ1) is 13.2. The van der Waals surface area contributed by atoms with Crippen LogP contribution in [0.1, 0.15) is 12.8 Å². The summed E-state index contributed by atoms with van der Waals surface area (Å²) in [6.45, 7) is 1.15. The molecule has 0 unspecified atom stereocenters. The normalized spacial score (nSPS) is 15.7. The van der Waals surface area contributed by atoms with Gasteiger partial charge in [0.25, 0.3) is 0 Å². The van der Waals surface area contributed by atoms with Crippen LogP contribution in [-0.2, 0) is 0 Å². The molecule has 5 heteroatoms. The van der Waals surface area contributed by atoms with Crippen LogP contribution < -0.4 is 4.90 Å². The van der Waals surface area contributed by atoms with Gasteiger partial charge in [-0.1, -0.05) is 6.07 Å². The highest BCUT2D eigenvalue weighted by Gasteiger charge is 2.20. The van der Waals surface area contributed by atoms with Gasteiger partial charge in [-0.05, 0) is 17.5 Å². The van der Waals surface area contributed by atoms with E-state index in [4.69, 9.17) is 5.41 Å². The van der Waals surface area contributed by atoms with Crippen LogP contribution in [0, 0.1) is 17.0 Å². The van der Waals surface area contributed by atoms with Crippen LogP contribution in [-0.4, -0.2) is 18.8 Å². The number of rotatable bonds is 2. The standard InChI is InChI=1S/C15H14F2N2S/c16-12-9-14(19-5-3-10(18)4-6-19)13(17)8-11(12)15-2-1-7-20-15/h1-2,7-9,18H,3-6H2. The minimum absolute atomic E-state index is 0.301. The highest BCUT2D eigenvalue weighted by atomic mass is 32.1. The maximum atomic E-state index is 14.2.